The average Bonchev–Trinajstić information content (AvgIpc) is 3.15. The molecule has 1 aliphatic heterocycles. The number of likely N-dealkylation sites (tertiary alicyclic amines) is 1. The Morgan fingerprint density at radius 2 is 2.08 bits per heavy atom. The van der Waals surface area contributed by atoms with Gasteiger partial charge in [0.15, 0.2) is 5.82 Å². The summed E-state index contributed by atoms with van der Waals surface area (Å²) < 4.78 is 5.40. The van der Waals surface area contributed by atoms with Gasteiger partial charge in [0.05, 0.1) is 6.04 Å². The van der Waals surface area contributed by atoms with E-state index in [0.29, 0.717) is 5.89 Å². The van der Waals surface area contributed by atoms with Gasteiger partial charge in [0.2, 0.25) is 5.89 Å². The summed E-state index contributed by atoms with van der Waals surface area (Å²) in [6.07, 6.45) is 0.748. The third kappa shape index (κ3) is 3.73. The SMILES string of the molecule is CC(C)c1noc([C@@H]2C[C@H](NC(=O)Nc3ccccc3)CN2C)n1. The smallest absolute Gasteiger partial charge is 0.319 e. The lowest BCUT2D eigenvalue weighted by Crippen LogP contribution is -2.39. The second-order valence-corrected chi connectivity index (χ2v) is 6.50. The van der Waals surface area contributed by atoms with Gasteiger partial charge < -0.3 is 15.2 Å². The fraction of sp³-hybridized carbons (Fsp3) is 0.471. The molecule has 0 bridgehead atoms. The number of rotatable bonds is 4. The van der Waals surface area contributed by atoms with Crippen LogP contribution in [0, 0.1) is 0 Å². The van der Waals surface area contributed by atoms with Crippen LogP contribution in [-0.2, 0) is 0 Å². The molecule has 2 N–H and O–H groups in total. The Labute approximate surface area is 141 Å². The summed E-state index contributed by atoms with van der Waals surface area (Å²) in [5.74, 6) is 1.57. The number of aromatic nitrogens is 2. The van der Waals surface area contributed by atoms with Gasteiger partial charge in [-0.1, -0.05) is 37.2 Å². The van der Waals surface area contributed by atoms with Gasteiger partial charge in [-0.15, -0.1) is 0 Å². The number of nitrogens with zero attached hydrogens (tertiary/aromatic N) is 3. The number of anilines is 1. The minimum absolute atomic E-state index is 0.0343. The molecule has 7 nitrogen and oxygen atoms in total. The van der Waals surface area contributed by atoms with Crippen molar-refractivity contribution in [2.24, 2.45) is 0 Å². The summed E-state index contributed by atoms with van der Waals surface area (Å²) in [5, 5.41) is 9.87. The largest absolute Gasteiger partial charge is 0.338 e. The van der Waals surface area contributed by atoms with Crippen LogP contribution in [0.4, 0.5) is 10.5 Å². The van der Waals surface area contributed by atoms with E-state index in [1.54, 1.807) is 0 Å². The Morgan fingerprint density at radius 1 is 1.33 bits per heavy atom. The normalized spacial score (nSPS) is 21.2. The lowest BCUT2D eigenvalue weighted by molar-refractivity contribution is 0.243. The van der Waals surface area contributed by atoms with Crippen LogP contribution in [-0.4, -0.2) is 40.7 Å². The monoisotopic (exact) mass is 329 g/mol. The van der Waals surface area contributed by atoms with Crippen LogP contribution >= 0.6 is 0 Å². The first-order valence-corrected chi connectivity index (χ1v) is 8.19. The number of carbonyl (C=O) groups excluding carboxylic acids is 1. The van der Waals surface area contributed by atoms with E-state index in [9.17, 15) is 4.79 Å². The summed E-state index contributed by atoms with van der Waals surface area (Å²) in [6, 6.07) is 9.27. The van der Waals surface area contributed by atoms with Gasteiger partial charge in [-0.25, -0.2) is 4.79 Å². The van der Waals surface area contributed by atoms with E-state index >= 15 is 0 Å². The highest BCUT2D eigenvalue weighted by molar-refractivity contribution is 5.89. The highest BCUT2D eigenvalue weighted by Crippen LogP contribution is 2.30. The Hall–Kier alpha value is -2.41. The predicted molar refractivity (Wildman–Crippen MR) is 90.8 cm³/mol. The Bertz CT molecular complexity index is 685. The van der Waals surface area contributed by atoms with Crippen LogP contribution in [0.3, 0.4) is 0 Å². The molecule has 2 heterocycles. The second kappa shape index (κ2) is 7.00. The standard InChI is InChI=1S/C17H23N5O2/c1-11(2)15-20-16(24-21-15)14-9-13(10-22(14)3)19-17(23)18-12-7-5-4-6-8-12/h4-8,11,13-14H,9-10H2,1-3H3,(H2,18,19,23)/t13-,14-/m0/s1. The lowest BCUT2D eigenvalue weighted by Gasteiger charge is -2.14. The third-order valence-electron chi connectivity index (χ3n) is 4.17. The molecule has 1 aromatic carbocycles. The van der Waals surface area contributed by atoms with Crippen molar-refractivity contribution < 1.29 is 9.32 Å². The number of likely N-dealkylation sites (N-methyl/N-ethyl adjacent to an activating group) is 1. The topological polar surface area (TPSA) is 83.3 Å². The molecule has 7 heteroatoms. The lowest BCUT2D eigenvalue weighted by atomic mass is 10.1. The number of amides is 2. The minimum atomic E-state index is -0.200. The summed E-state index contributed by atoms with van der Waals surface area (Å²) in [6.45, 7) is 4.81. The Morgan fingerprint density at radius 3 is 2.75 bits per heavy atom. The summed E-state index contributed by atoms with van der Waals surface area (Å²) in [4.78, 5) is 18.7. The quantitative estimate of drug-likeness (QED) is 0.901. The molecule has 1 saturated heterocycles. The van der Waals surface area contributed by atoms with Crippen LogP contribution in [0.2, 0.25) is 0 Å². The van der Waals surface area contributed by atoms with Crippen LogP contribution < -0.4 is 10.6 Å². The molecule has 2 aromatic rings. The van der Waals surface area contributed by atoms with Crippen LogP contribution in [0.1, 0.15) is 43.9 Å². The third-order valence-corrected chi connectivity index (χ3v) is 4.17. The maximum atomic E-state index is 12.1. The van der Waals surface area contributed by atoms with E-state index in [-0.39, 0.29) is 24.0 Å². The van der Waals surface area contributed by atoms with Crippen molar-refractivity contribution in [2.45, 2.75) is 38.3 Å². The van der Waals surface area contributed by atoms with Gasteiger partial charge in [0, 0.05) is 24.2 Å². The number of hydrogen-bond donors (Lipinski definition) is 2. The molecule has 1 aliphatic rings. The van der Waals surface area contributed by atoms with E-state index in [1.165, 1.54) is 0 Å². The highest BCUT2D eigenvalue weighted by atomic mass is 16.5. The molecule has 24 heavy (non-hydrogen) atoms. The number of para-hydroxylation sites is 1. The molecule has 2 atom stereocenters. The first-order chi connectivity index (χ1) is 11.5. The van der Waals surface area contributed by atoms with Crippen LogP contribution in [0.5, 0.6) is 0 Å². The fourth-order valence-corrected chi connectivity index (χ4v) is 2.88. The van der Waals surface area contributed by atoms with E-state index in [1.807, 2.05) is 51.2 Å². The molecular weight excluding hydrogens is 306 g/mol. The molecule has 0 saturated carbocycles. The van der Waals surface area contributed by atoms with Crippen molar-refractivity contribution in [1.29, 1.82) is 0 Å². The number of urea groups is 1. The van der Waals surface area contributed by atoms with E-state index < -0.39 is 0 Å². The fourth-order valence-electron chi connectivity index (χ4n) is 2.88. The molecule has 1 aromatic heterocycles. The average molecular weight is 329 g/mol. The zero-order valence-corrected chi connectivity index (χ0v) is 14.2. The number of carbonyl (C=O) groups is 1. The maximum absolute atomic E-state index is 12.1. The molecular formula is C17H23N5O2. The Kier molecular flexibility index (Phi) is 4.80. The van der Waals surface area contributed by atoms with Gasteiger partial charge in [-0.3, -0.25) is 4.90 Å². The molecule has 0 aliphatic carbocycles. The van der Waals surface area contributed by atoms with Crippen molar-refractivity contribution in [3.05, 3.63) is 42.0 Å². The highest BCUT2D eigenvalue weighted by Gasteiger charge is 2.35. The second-order valence-electron chi connectivity index (χ2n) is 6.50. The summed E-state index contributed by atoms with van der Waals surface area (Å²) in [5.41, 5.74) is 0.774. The zero-order chi connectivity index (χ0) is 17.1. The van der Waals surface area contributed by atoms with E-state index in [0.717, 1.165) is 24.5 Å². The van der Waals surface area contributed by atoms with Crippen LogP contribution in [0.15, 0.2) is 34.9 Å². The van der Waals surface area contributed by atoms with Crippen molar-refractivity contribution in [3.63, 3.8) is 0 Å². The number of hydrogen-bond acceptors (Lipinski definition) is 5. The van der Waals surface area contributed by atoms with Crippen molar-refractivity contribution >= 4 is 11.7 Å². The maximum Gasteiger partial charge on any atom is 0.319 e. The molecule has 0 unspecified atom stereocenters. The first-order valence-electron chi connectivity index (χ1n) is 8.19. The van der Waals surface area contributed by atoms with Crippen molar-refractivity contribution in [2.75, 3.05) is 18.9 Å². The molecule has 0 spiro atoms. The Balaban J connectivity index is 1.58. The number of nitrogens with one attached hydrogen (secondary N) is 2. The van der Waals surface area contributed by atoms with Gasteiger partial charge >= 0.3 is 6.03 Å². The molecule has 1 fully saturated rings. The zero-order valence-electron chi connectivity index (χ0n) is 14.2. The van der Waals surface area contributed by atoms with Gasteiger partial charge in [0.25, 0.3) is 0 Å². The summed E-state index contributed by atoms with van der Waals surface area (Å²) in [7, 11) is 2.00. The number of benzene rings is 1. The van der Waals surface area contributed by atoms with Gasteiger partial charge in [-0.2, -0.15) is 4.98 Å². The van der Waals surface area contributed by atoms with Gasteiger partial charge in [0.1, 0.15) is 0 Å². The predicted octanol–water partition coefficient (Wildman–Crippen LogP) is 2.76. The van der Waals surface area contributed by atoms with Crippen molar-refractivity contribution in [3.8, 4) is 0 Å². The molecule has 0 radical (unpaired) electrons. The van der Waals surface area contributed by atoms with Gasteiger partial charge in [-0.05, 0) is 25.6 Å². The minimum Gasteiger partial charge on any atom is -0.338 e. The van der Waals surface area contributed by atoms with E-state index in [2.05, 4.69) is 25.7 Å². The molecule has 3 rings (SSSR count). The van der Waals surface area contributed by atoms with Crippen LogP contribution in [0.25, 0.3) is 0 Å². The molecule has 128 valence electrons. The molecule has 2 amide bonds. The van der Waals surface area contributed by atoms with Crippen molar-refractivity contribution in [1.82, 2.24) is 20.4 Å². The van der Waals surface area contributed by atoms with E-state index in [4.69, 9.17) is 4.52 Å². The first kappa shape index (κ1) is 16.4. The summed E-state index contributed by atoms with van der Waals surface area (Å²) >= 11 is 0.